The molecule has 0 spiro atoms. The molecule has 1 saturated carbocycles. The summed E-state index contributed by atoms with van der Waals surface area (Å²) in [7, 11) is 11.6. The summed E-state index contributed by atoms with van der Waals surface area (Å²) >= 11 is 0. The van der Waals surface area contributed by atoms with Gasteiger partial charge in [0.2, 0.25) is 11.6 Å². The molecule has 3 aromatic rings. The predicted molar refractivity (Wildman–Crippen MR) is 166 cm³/mol. The van der Waals surface area contributed by atoms with Crippen LogP contribution in [0.1, 0.15) is 56.4 Å². The van der Waals surface area contributed by atoms with Gasteiger partial charge in [0.1, 0.15) is 17.9 Å². The van der Waals surface area contributed by atoms with Crippen LogP contribution in [-0.2, 0) is 24.4 Å². The topological polar surface area (TPSA) is 120 Å². The van der Waals surface area contributed by atoms with E-state index in [4.69, 9.17) is 9.26 Å². The maximum absolute atomic E-state index is 14.5. The third-order valence-electron chi connectivity index (χ3n) is 9.31. The van der Waals surface area contributed by atoms with Crippen molar-refractivity contribution in [3.63, 3.8) is 0 Å². The van der Waals surface area contributed by atoms with Crippen LogP contribution in [0.3, 0.4) is 0 Å². The van der Waals surface area contributed by atoms with Gasteiger partial charge < -0.3 is 29.3 Å². The average Bonchev–Trinajstić information content (AvgIpc) is 3.37. The minimum atomic E-state index is -2.42. The number of carbonyl (C=O) groups is 2. The molecule has 0 radical (unpaired) electrons. The van der Waals surface area contributed by atoms with E-state index in [0.29, 0.717) is 24.9 Å². The second-order valence-corrected chi connectivity index (χ2v) is 13.0. The second kappa shape index (κ2) is 10.9. The number of aromatic nitrogens is 1. The number of hydrogen-bond acceptors (Lipinski definition) is 10. The Morgan fingerprint density at radius 3 is 2.39 bits per heavy atom. The lowest BCUT2D eigenvalue weighted by Crippen LogP contribution is -2.63. The first kappa shape index (κ1) is 30.1. The number of nitrogens with zero attached hydrogens (tertiary/aromatic N) is 4. The van der Waals surface area contributed by atoms with Crippen molar-refractivity contribution in [2.75, 3.05) is 47.2 Å². The molecule has 6 rings (SSSR count). The van der Waals surface area contributed by atoms with E-state index < -0.39 is 35.0 Å². The number of hydrogen-bond donors (Lipinski definition) is 2. The molecule has 1 aromatic heterocycles. The number of benzene rings is 2. The Balaban J connectivity index is 1.47. The summed E-state index contributed by atoms with van der Waals surface area (Å²) in [6.07, 6.45) is 0.783. The molecule has 0 saturated heterocycles. The van der Waals surface area contributed by atoms with Gasteiger partial charge in [-0.25, -0.2) is 0 Å². The maximum atomic E-state index is 14.5. The first-order valence-electron chi connectivity index (χ1n) is 14.9. The number of Topliss-reactive ketones (excluding diaryl/α,β-unsaturated/α-hetero) is 2. The molecule has 4 atom stereocenters. The zero-order valence-electron chi connectivity index (χ0n) is 26.3. The number of fused-ring (bicyclic) bond motifs is 4. The first-order chi connectivity index (χ1) is 20.9. The fourth-order valence-corrected chi connectivity index (χ4v) is 7.64. The number of aliphatic hydroxyl groups is 2. The van der Waals surface area contributed by atoms with E-state index in [9.17, 15) is 19.8 Å². The van der Waals surface area contributed by atoms with Crippen molar-refractivity contribution < 1.29 is 29.1 Å². The summed E-state index contributed by atoms with van der Waals surface area (Å²) in [6, 6.07) is 10.8. The SMILES string of the molecule is Cc1cc(CN(C)C)c(N(C)C)c2c1C(O)=C1C(=O)[C@]3(O)C(=O)c4c(OCc5ccccc5)noc4[C@@H](N(C)C)[C@@H]3C[C@@H]1C2. The highest BCUT2D eigenvalue weighted by Crippen LogP contribution is 2.56. The first-order valence-corrected chi connectivity index (χ1v) is 14.9. The molecule has 0 bridgehead atoms. The van der Waals surface area contributed by atoms with Crippen molar-refractivity contribution in [2.45, 2.75) is 44.6 Å². The Bertz CT molecular complexity index is 1670. The van der Waals surface area contributed by atoms with E-state index in [1.165, 1.54) is 0 Å². The normalized spacial score (nSPS) is 24.3. The average molecular weight is 601 g/mol. The van der Waals surface area contributed by atoms with Crippen LogP contribution in [-0.4, -0.2) is 84.6 Å². The van der Waals surface area contributed by atoms with Gasteiger partial charge >= 0.3 is 0 Å². The van der Waals surface area contributed by atoms with Gasteiger partial charge in [-0.2, -0.15) is 0 Å². The molecule has 10 nitrogen and oxygen atoms in total. The third-order valence-corrected chi connectivity index (χ3v) is 9.31. The van der Waals surface area contributed by atoms with Crippen molar-refractivity contribution in [3.05, 3.63) is 81.1 Å². The van der Waals surface area contributed by atoms with E-state index in [-0.39, 0.29) is 35.1 Å². The summed E-state index contributed by atoms with van der Waals surface area (Å²) in [5.41, 5.74) is 3.08. The molecule has 0 unspecified atom stereocenters. The molecule has 1 heterocycles. The zero-order valence-corrected chi connectivity index (χ0v) is 26.3. The Morgan fingerprint density at radius 2 is 1.75 bits per heavy atom. The number of aryl methyl sites for hydroxylation is 1. The molecule has 0 amide bonds. The van der Waals surface area contributed by atoms with Crippen molar-refractivity contribution >= 4 is 23.0 Å². The standard InChI is InChI=1S/C34H40N4O6/c1-18-13-21(16-36(2)3)27(37(4)5)22-14-20-15-23-28(38(6)7)30-26(33(35-44-30)43-17-19-11-9-8-10-12-19)32(41)34(23,42)31(40)25(20)29(39)24(18)22/h8-13,20,23,28,39,42H,14-17H2,1-7H3/t20-,23-,28-,34-/m0/s1. The molecule has 0 aliphatic heterocycles. The molecule has 3 aliphatic carbocycles. The van der Waals surface area contributed by atoms with E-state index in [1.54, 1.807) is 0 Å². The van der Waals surface area contributed by atoms with E-state index in [2.05, 4.69) is 15.0 Å². The van der Waals surface area contributed by atoms with Gasteiger partial charge in [0.25, 0.3) is 5.88 Å². The highest BCUT2D eigenvalue weighted by atomic mass is 16.5. The number of ketones is 2. The van der Waals surface area contributed by atoms with Crippen LogP contribution in [0.15, 0.2) is 46.5 Å². The van der Waals surface area contributed by atoms with Gasteiger partial charge in [0.15, 0.2) is 11.4 Å². The third kappa shape index (κ3) is 4.46. The van der Waals surface area contributed by atoms with Gasteiger partial charge in [-0.05, 0) is 81.3 Å². The summed E-state index contributed by atoms with van der Waals surface area (Å²) in [4.78, 5) is 34.7. The number of carbonyl (C=O) groups excluding carboxylic acids is 2. The predicted octanol–water partition coefficient (Wildman–Crippen LogP) is 3.95. The van der Waals surface area contributed by atoms with Gasteiger partial charge in [0.05, 0.1) is 6.04 Å². The zero-order chi connectivity index (χ0) is 31.7. The van der Waals surface area contributed by atoms with Crippen molar-refractivity contribution in [1.82, 2.24) is 15.0 Å². The van der Waals surface area contributed by atoms with Crippen LogP contribution in [0.2, 0.25) is 0 Å². The molecule has 2 aromatic carbocycles. The Hall–Kier alpha value is -3.99. The summed E-state index contributed by atoms with van der Waals surface area (Å²) in [5.74, 6) is -2.73. The lowest BCUT2D eigenvalue weighted by Gasteiger charge is -2.49. The smallest absolute Gasteiger partial charge is 0.265 e. The van der Waals surface area contributed by atoms with Crippen LogP contribution < -0.4 is 9.64 Å². The molecule has 1 fully saturated rings. The van der Waals surface area contributed by atoms with E-state index in [0.717, 1.165) is 27.9 Å². The van der Waals surface area contributed by atoms with Crippen molar-refractivity contribution in [3.8, 4) is 5.88 Å². The second-order valence-electron chi connectivity index (χ2n) is 13.0. The van der Waals surface area contributed by atoms with Crippen molar-refractivity contribution in [1.29, 1.82) is 0 Å². The molecule has 44 heavy (non-hydrogen) atoms. The minimum Gasteiger partial charge on any atom is -0.507 e. The number of anilines is 1. The van der Waals surface area contributed by atoms with Crippen LogP contribution in [0, 0.1) is 18.8 Å². The van der Waals surface area contributed by atoms with E-state index >= 15 is 0 Å². The quantitative estimate of drug-likeness (QED) is 0.386. The van der Waals surface area contributed by atoms with Crippen molar-refractivity contribution in [2.24, 2.45) is 11.8 Å². The highest BCUT2D eigenvalue weighted by Gasteiger charge is 2.65. The van der Waals surface area contributed by atoms with Gasteiger partial charge in [-0.1, -0.05) is 36.4 Å². The molecular formula is C34H40N4O6. The fourth-order valence-electron chi connectivity index (χ4n) is 7.64. The van der Waals surface area contributed by atoms with Crippen LogP contribution in [0.5, 0.6) is 5.88 Å². The summed E-state index contributed by atoms with van der Waals surface area (Å²) in [5, 5.41) is 28.2. The molecular weight excluding hydrogens is 560 g/mol. The van der Waals surface area contributed by atoms with Gasteiger partial charge in [-0.3, -0.25) is 14.5 Å². The Morgan fingerprint density at radius 1 is 1.05 bits per heavy atom. The van der Waals surface area contributed by atoms with Gasteiger partial charge in [0, 0.05) is 43.4 Å². The largest absolute Gasteiger partial charge is 0.507 e. The maximum Gasteiger partial charge on any atom is 0.265 e. The van der Waals surface area contributed by atoms with Crippen LogP contribution >= 0.6 is 0 Å². The minimum absolute atomic E-state index is 0.0270. The molecule has 232 valence electrons. The fraction of sp³-hybridized carbons (Fsp3) is 0.441. The lowest BCUT2D eigenvalue weighted by molar-refractivity contribution is -0.142. The lowest BCUT2D eigenvalue weighted by atomic mass is 9.57. The number of aliphatic hydroxyl groups excluding tert-OH is 1. The Labute approximate surface area is 257 Å². The monoisotopic (exact) mass is 600 g/mol. The van der Waals surface area contributed by atoms with E-state index in [1.807, 2.05) is 90.5 Å². The van der Waals surface area contributed by atoms with Crippen LogP contribution in [0.25, 0.3) is 5.76 Å². The Kier molecular flexibility index (Phi) is 7.42. The van der Waals surface area contributed by atoms with Crippen LogP contribution in [0.4, 0.5) is 5.69 Å². The number of rotatable bonds is 7. The highest BCUT2D eigenvalue weighted by molar-refractivity contribution is 6.26. The summed E-state index contributed by atoms with van der Waals surface area (Å²) in [6.45, 7) is 2.77. The van der Waals surface area contributed by atoms with Gasteiger partial charge in [-0.15, -0.1) is 0 Å². The molecule has 10 heteroatoms. The molecule has 3 aliphatic rings. The number of ether oxygens (including phenoxy) is 1. The molecule has 2 N–H and O–H groups in total. The summed E-state index contributed by atoms with van der Waals surface area (Å²) < 4.78 is 11.7.